The van der Waals surface area contributed by atoms with Gasteiger partial charge in [-0.2, -0.15) is 13.5 Å². The lowest BCUT2D eigenvalue weighted by atomic mass is 11.2. The van der Waals surface area contributed by atoms with Gasteiger partial charge in [-0.1, -0.05) is 0 Å². The van der Waals surface area contributed by atoms with E-state index >= 15 is 0 Å². The highest BCUT2D eigenvalue weighted by Crippen LogP contribution is 1.29. The predicted octanol–water partition coefficient (Wildman–Crippen LogP) is -1.50. The average molecular weight is 135 g/mol. The first-order valence-electron chi connectivity index (χ1n) is 1.66. The molecule has 0 bridgehead atoms. The van der Waals surface area contributed by atoms with Crippen molar-refractivity contribution in [3.8, 4) is 0 Å². The largest absolute Gasteiger partial charge is 0.341 e. The molecule has 3 N–H and O–H groups in total. The molecule has 1 heterocycles. The minimum absolute atomic E-state index is 0. The van der Waals surface area contributed by atoms with Gasteiger partial charge in [0, 0.05) is 0 Å². The Bertz CT molecular complexity index is 220. The first kappa shape index (κ1) is 7.09. The second-order valence-electron chi connectivity index (χ2n) is 1.03. The van der Waals surface area contributed by atoms with Crippen molar-refractivity contribution in [3.05, 3.63) is 21.0 Å². The molecule has 5 nitrogen and oxygen atoms in total. The van der Waals surface area contributed by atoms with Crippen molar-refractivity contribution in [2.75, 3.05) is 0 Å². The molecule has 0 radical (unpaired) electrons. The average Bonchev–Trinajstić information content (AvgIpc) is 1.87. The number of aromatic nitrogens is 3. The van der Waals surface area contributed by atoms with Crippen LogP contribution in [0.3, 0.4) is 0 Å². The minimum atomic E-state index is -0.509. The fourth-order valence-corrected chi connectivity index (χ4v) is 0.279. The molecule has 0 spiro atoms. The van der Waals surface area contributed by atoms with Crippen LogP contribution in [0.15, 0.2) is 9.59 Å². The van der Waals surface area contributed by atoms with Gasteiger partial charge in [-0.05, 0) is 0 Å². The maximum absolute atomic E-state index is 9.95. The van der Waals surface area contributed by atoms with Crippen LogP contribution in [0.2, 0.25) is 0 Å². The van der Waals surface area contributed by atoms with E-state index < -0.39 is 11.4 Å². The molecule has 0 fully saturated rings. The lowest BCUT2D eigenvalue weighted by Crippen LogP contribution is -2.07. The van der Waals surface area contributed by atoms with E-state index in [9.17, 15) is 9.59 Å². The van der Waals surface area contributed by atoms with Gasteiger partial charge in [0.15, 0.2) is 0 Å². The second-order valence-corrected chi connectivity index (χ2v) is 1.03. The Kier molecular flexibility index (Phi) is 2.14. The van der Waals surface area contributed by atoms with E-state index in [1.165, 1.54) is 0 Å². The zero-order chi connectivity index (χ0) is 5.28. The van der Waals surface area contributed by atoms with E-state index in [0.717, 1.165) is 0 Å². The van der Waals surface area contributed by atoms with Crippen molar-refractivity contribution in [2.45, 2.75) is 0 Å². The Balaban J connectivity index is 0.000000490. The van der Waals surface area contributed by atoms with Gasteiger partial charge in [-0.3, -0.25) is 4.98 Å². The summed E-state index contributed by atoms with van der Waals surface area (Å²) in [5, 5.41) is 4.04. The Morgan fingerprint density at radius 3 is 1.50 bits per heavy atom. The number of hydrogen-bond acceptors (Lipinski definition) is 2. The highest BCUT2D eigenvalue weighted by molar-refractivity contribution is 7.59. The molecule has 1 aromatic rings. The normalized spacial score (nSPS) is 8.00. The van der Waals surface area contributed by atoms with E-state index in [0.29, 0.717) is 0 Å². The summed E-state index contributed by atoms with van der Waals surface area (Å²) < 4.78 is 0. The van der Waals surface area contributed by atoms with Crippen LogP contribution in [-0.4, -0.2) is 15.2 Å². The lowest BCUT2D eigenvalue weighted by Gasteiger charge is -1.52. The smallest absolute Gasteiger partial charge is 0.257 e. The van der Waals surface area contributed by atoms with E-state index in [1.54, 1.807) is 0 Å². The van der Waals surface area contributed by atoms with Crippen LogP contribution < -0.4 is 11.4 Å². The van der Waals surface area contributed by atoms with Crippen LogP contribution in [0.1, 0.15) is 0 Å². The molecule has 0 unspecified atom stereocenters. The van der Waals surface area contributed by atoms with Gasteiger partial charge >= 0.3 is 11.4 Å². The summed E-state index contributed by atoms with van der Waals surface area (Å²) in [6, 6.07) is 0. The maximum atomic E-state index is 9.95. The molecule has 0 aliphatic heterocycles. The first-order chi connectivity index (χ1) is 3.29. The molecule has 0 aromatic carbocycles. The Morgan fingerprint density at radius 1 is 1.00 bits per heavy atom. The number of aromatic amines is 3. The van der Waals surface area contributed by atoms with E-state index in [-0.39, 0.29) is 13.5 Å². The summed E-state index contributed by atoms with van der Waals surface area (Å²) in [6.45, 7) is 0. The highest BCUT2D eigenvalue weighted by Gasteiger charge is 1.79. The Morgan fingerprint density at radius 2 is 1.38 bits per heavy atom. The van der Waals surface area contributed by atoms with Crippen molar-refractivity contribution in [2.24, 2.45) is 0 Å². The topological polar surface area (TPSA) is 81.5 Å². The first-order valence-corrected chi connectivity index (χ1v) is 1.66. The van der Waals surface area contributed by atoms with Crippen molar-refractivity contribution < 1.29 is 0 Å². The third-order valence-electron chi connectivity index (χ3n) is 0.517. The predicted molar refractivity (Wildman–Crippen MR) is 32.4 cm³/mol. The van der Waals surface area contributed by atoms with Crippen LogP contribution >= 0.6 is 13.5 Å². The van der Waals surface area contributed by atoms with Crippen LogP contribution in [-0.2, 0) is 0 Å². The molecule has 8 heavy (non-hydrogen) atoms. The van der Waals surface area contributed by atoms with E-state index in [1.807, 2.05) is 15.2 Å². The minimum Gasteiger partial charge on any atom is -0.257 e. The molecule has 0 aliphatic rings. The summed E-state index contributed by atoms with van der Waals surface area (Å²) in [7, 11) is 0. The molecule has 0 saturated carbocycles. The third kappa shape index (κ3) is 1.30. The summed E-state index contributed by atoms with van der Waals surface area (Å²) in [5.41, 5.74) is -1.02. The third-order valence-corrected chi connectivity index (χ3v) is 0.517. The molecular weight excluding hydrogens is 130 g/mol. The summed E-state index contributed by atoms with van der Waals surface area (Å²) in [4.78, 5) is 21.8. The van der Waals surface area contributed by atoms with Gasteiger partial charge in [-0.25, -0.2) is 19.8 Å². The van der Waals surface area contributed by atoms with Crippen LogP contribution in [0.4, 0.5) is 0 Å². The molecule has 0 amide bonds. The Hall–Kier alpha value is -0.910. The molecular formula is C2H5N3O2S. The molecule has 1 rings (SSSR count). The Labute approximate surface area is 50.6 Å². The molecule has 0 saturated heterocycles. The number of nitrogens with one attached hydrogen (secondary N) is 3. The zero-order valence-corrected chi connectivity index (χ0v) is 4.82. The van der Waals surface area contributed by atoms with E-state index in [4.69, 9.17) is 0 Å². The number of hydrogen-bond donors (Lipinski definition) is 3. The van der Waals surface area contributed by atoms with Crippen LogP contribution in [0.25, 0.3) is 0 Å². The highest BCUT2D eigenvalue weighted by atomic mass is 32.1. The van der Waals surface area contributed by atoms with Crippen LogP contribution in [0, 0.1) is 0 Å². The van der Waals surface area contributed by atoms with Gasteiger partial charge < -0.3 is 0 Å². The summed E-state index contributed by atoms with van der Waals surface area (Å²) in [6.07, 6.45) is 0. The zero-order valence-electron chi connectivity index (χ0n) is 3.82. The van der Waals surface area contributed by atoms with Gasteiger partial charge in [0.2, 0.25) is 0 Å². The van der Waals surface area contributed by atoms with Gasteiger partial charge in [-0.15, -0.1) is 0 Å². The monoisotopic (exact) mass is 135 g/mol. The lowest BCUT2D eigenvalue weighted by molar-refractivity contribution is 1.03. The molecule has 46 valence electrons. The van der Waals surface area contributed by atoms with Crippen molar-refractivity contribution in [1.29, 1.82) is 0 Å². The fraction of sp³-hybridized carbons (Fsp3) is 0. The van der Waals surface area contributed by atoms with Gasteiger partial charge in [0.1, 0.15) is 0 Å². The summed E-state index contributed by atoms with van der Waals surface area (Å²) in [5.74, 6) is 0. The van der Waals surface area contributed by atoms with Crippen molar-refractivity contribution in [3.63, 3.8) is 0 Å². The van der Waals surface area contributed by atoms with Gasteiger partial charge in [0.25, 0.3) is 0 Å². The maximum Gasteiger partial charge on any atom is 0.341 e. The standard InChI is InChI=1S/C2H3N3O2.H2S/c6-1-3-2(7)5-4-1;/h(H3,3,4,5,6,7);1H2. The fourth-order valence-electron chi connectivity index (χ4n) is 0.279. The van der Waals surface area contributed by atoms with E-state index in [2.05, 4.69) is 0 Å². The molecule has 0 atom stereocenters. The quantitative estimate of drug-likeness (QED) is 0.405. The molecule has 1 aromatic heterocycles. The SMILES string of the molecule is O=c1[nH][nH]c(=O)[nH]1.S. The molecule has 0 aliphatic carbocycles. The van der Waals surface area contributed by atoms with Crippen molar-refractivity contribution in [1.82, 2.24) is 15.2 Å². The molecule has 6 heteroatoms. The van der Waals surface area contributed by atoms with Crippen LogP contribution in [0.5, 0.6) is 0 Å². The van der Waals surface area contributed by atoms with Gasteiger partial charge in [0.05, 0.1) is 0 Å². The summed E-state index contributed by atoms with van der Waals surface area (Å²) >= 11 is 0. The number of H-pyrrole nitrogens is 3. The van der Waals surface area contributed by atoms with Crippen molar-refractivity contribution >= 4 is 13.5 Å². The second kappa shape index (κ2) is 2.41. The number of rotatable bonds is 0.